The number of nitrogens with one attached hydrogen (secondary N) is 1. The lowest BCUT2D eigenvalue weighted by atomic mass is 10.1. The van der Waals surface area contributed by atoms with Gasteiger partial charge in [0.25, 0.3) is 0 Å². The van der Waals surface area contributed by atoms with Gasteiger partial charge in [0.1, 0.15) is 12.6 Å². The minimum atomic E-state index is -4.76. The number of rotatable bonds is 10. The molecule has 2 amide bonds. The SMILES string of the molecule is CCC(C)NC(=O)C(C)N(Cc1ccc(C)cc1)C(=O)CN(c1cc(C(F)(F)F)ccc1Cl)S(C)(=O)=O. The van der Waals surface area contributed by atoms with Crippen molar-refractivity contribution in [3.8, 4) is 0 Å². The number of alkyl halides is 3. The predicted octanol–water partition coefficient (Wildman–Crippen LogP) is 4.77. The van der Waals surface area contributed by atoms with E-state index in [-0.39, 0.29) is 17.6 Å². The van der Waals surface area contributed by atoms with E-state index in [0.717, 1.165) is 24.0 Å². The summed E-state index contributed by atoms with van der Waals surface area (Å²) >= 11 is 6.08. The maximum Gasteiger partial charge on any atom is 0.416 e. The molecule has 0 saturated heterocycles. The number of aryl methyl sites for hydroxylation is 1. The predicted molar refractivity (Wildman–Crippen MR) is 138 cm³/mol. The molecule has 0 fully saturated rings. The highest BCUT2D eigenvalue weighted by atomic mass is 35.5. The molecule has 2 rings (SSSR count). The molecule has 0 radical (unpaired) electrons. The molecule has 2 unspecified atom stereocenters. The summed E-state index contributed by atoms with van der Waals surface area (Å²) in [7, 11) is -4.25. The lowest BCUT2D eigenvalue weighted by Crippen LogP contribution is -2.52. The quantitative estimate of drug-likeness (QED) is 0.453. The molecule has 2 aromatic rings. The number of hydrogen-bond acceptors (Lipinski definition) is 4. The van der Waals surface area contributed by atoms with Crippen LogP contribution in [0.3, 0.4) is 0 Å². The summed E-state index contributed by atoms with van der Waals surface area (Å²) in [6, 6.07) is 8.26. The zero-order valence-electron chi connectivity index (χ0n) is 21.3. The molecule has 204 valence electrons. The van der Waals surface area contributed by atoms with Gasteiger partial charge in [-0.05, 0) is 51.0 Å². The largest absolute Gasteiger partial charge is 0.416 e. The van der Waals surface area contributed by atoms with E-state index in [1.54, 1.807) is 19.1 Å². The summed E-state index contributed by atoms with van der Waals surface area (Å²) in [5.41, 5.74) is 0.0573. The minimum Gasteiger partial charge on any atom is -0.352 e. The van der Waals surface area contributed by atoms with Gasteiger partial charge >= 0.3 is 6.18 Å². The van der Waals surface area contributed by atoms with Crippen LogP contribution in [0.2, 0.25) is 5.02 Å². The molecule has 0 aromatic heterocycles. The first-order valence-electron chi connectivity index (χ1n) is 11.5. The number of halogens is 4. The molecule has 0 heterocycles. The second-order valence-corrected chi connectivity index (χ2v) is 11.2. The highest BCUT2D eigenvalue weighted by Crippen LogP contribution is 2.36. The van der Waals surface area contributed by atoms with Crippen LogP contribution in [0.25, 0.3) is 0 Å². The molecule has 0 spiro atoms. The Kier molecular flexibility index (Phi) is 10.0. The van der Waals surface area contributed by atoms with Gasteiger partial charge in [0.15, 0.2) is 0 Å². The Morgan fingerprint density at radius 3 is 2.19 bits per heavy atom. The van der Waals surface area contributed by atoms with Gasteiger partial charge in [-0.2, -0.15) is 13.2 Å². The Bertz CT molecular complexity index is 1220. The zero-order chi connectivity index (χ0) is 28.1. The van der Waals surface area contributed by atoms with E-state index >= 15 is 0 Å². The third kappa shape index (κ3) is 8.36. The summed E-state index contributed by atoms with van der Waals surface area (Å²) in [6.45, 7) is 6.20. The molecule has 0 aliphatic heterocycles. The van der Waals surface area contributed by atoms with E-state index in [9.17, 15) is 31.2 Å². The van der Waals surface area contributed by atoms with Crippen molar-refractivity contribution in [2.24, 2.45) is 0 Å². The van der Waals surface area contributed by atoms with E-state index in [1.807, 2.05) is 26.0 Å². The summed E-state index contributed by atoms with van der Waals surface area (Å²) < 4.78 is 65.7. The van der Waals surface area contributed by atoms with Crippen LogP contribution in [0, 0.1) is 6.92 Å². The van der Waals surface area contributed by atoms with Crippen molar-refractivity contribution >= 4 is 39.1 Å². The van der Waals surface area contributed by atoms with E-state index in [2.05, 4.69) is 5.32 Å². The second kappa shape index (κ2) is 12.2. The normalized spacial score (nSPS) is 13.5. The summed E-state index contributed by atoms with van der Waals surface area (Å²) in [4.78, 5) is 27.6. The molecule has 2 atom stereocenters. The van der Waals surface area contributed by atoms with Gasteiger partial charge in [0, 0.05) is 12.6 Å². The summed E-state index contributed by atoms with van der Waals surface area (Å²) in [6.07, 6.45) is -3.34. The minimum absolute atomic E-state index is 0.0257. The average molecular weight is 562 g/mol. The van der Waals surface area contributed by atoms with Crippen LogP contribution in [-0.2, 0) is 32.3 Å². The van der Waals surface area contributed by atoms with Crippen molar-refractivity contribution in [3.63, 3.8) is 0 Å². The fourth-order valence-electron chi connectivity index (χ4n) is 3.41. The number of carbonyl (C=O) groups is 2. The van der Waals surface area contributed by atoms with E-state index in [0.29, 0.717) is 22.4 Å². The lowest BCUT2D eigenvalue weighted by Gasteiger charge is -2.32. The monoisotopic (exact) mass is 561 g/mol. The van der Waals surface area contributed by atoms with Crippen LogP contribution in [-0.4, -0.2) is 50.0 Å². The van der Waals surface area contributed by atoms with Gasteiger partial charge in [0.2, 0.25) is 21.8 Å². The molecule has 7 nitrogen and oxygen atoms in total. The van der Waals surface area contributed by atoms with Gasteiger partial charge in [-0.15, -0.1) is 0 Å². The molecule has 1 N–H and O–H groups in total. The highest BCUT2D eigenvalue weighted by Gasteiger charge is 2.34. The van der Waals surface area contributed by atoms with E-state index in [4.69, 9.17) is 11.6 Å². The molecular weight excluding hydrogens is 531 g/mol. The van der Waals surface area contributed by atoms with Crippen LogP contribution in [0.15, 0.2) is 42.5 Å². The van der Waals surface area contributed by atoms with Gasteiger partial charge in [-0.1, -0.05) is 48.4 Å². The maximum absolute atomic E-state index is 13.5. The Morgan fingerprint density at radius 2 is 1.68 bits per heavy atom. The number of amides is 2. The van der Waals surface area contributed by atoms with Crippen molar-refractivity contribution in [2.75, 3.05) is 17.1 Å². The Morgan fingerprint density at radius 1 is 1.08 bits per heavy atom. The molecule has 37 heavy (non-hydrogen) atoms. The topological polar surface area (TPSA) is 86.8 Å². The fourth-order valence-corrected chi connectivity index (χ4v) is 4.54. The van der Waals surface area contributed by atoms with Gasteiger partial charge in [-0.25, -0.2) is 8.42 Å². The second-order valence-electron chi connectivity index (χ2n) is 8.93. The number of anilines is 1. The lowest BCUT2D eigenvalue weighted by molar-refractivity contribution is -0.139. The Hall–Kier alpha value is -2.79. The first kappa shape index (κ1) is 30.4. The van der Waals surface area contributed by atoms with Crippen molar-refractivity contribution < 1.29 is 31.2 Å². The average Bonchev–Trinajstić information content (AvgIpc) is 2.80. The molecule has 12 heteroatoms. The first-order valence-corrected chi connectivity index (χ1v) is 13.8. The van der Waals surface area contributed by atoms with E-state index in [1.165, 1.54) is 11.8 Å². The standard InChI is InChI=1S/C25H31ClF3N3O4S/c1-6-17(3)30-24(34)18(4)31(14-19-9-7-16(2)8-10-19)23(33)15-32(37(5,35)36)22-13-20(25(27,28)29)11-12-21(22)26/h7-13,17-18H,6,14-15H2,1-5H3,(H,30,34). The number of hydrogen-bond donors (Lipinski definition) is 1. The van der Waals surface area contributed by atoms with Crippen molar-refractivity contribution in [1.29, 1.82) is 0 Å². The molecule has 0 aliphatic carbocycles. The van der Waals surface area contributed by atoms with Gasteiger partial charge in [-0.3, -0.25) is 13.9 Å². The third-order valence-corrected chi connectivity index (χ3v) is 7.31. The number of benzene rings is 2. The maximum atomic E-state index is 13.5. The zero-order valence-corrected chi connectivity index (χ0v) is 22.8. The van der Waals surface area contributed by atoms with Crippen LogP contribution in [0.1, 0.15) is 43.9 Å². The third-order valence-electron chi connectivity index (χ3n) is 5.86. The molecular formula is C25H31ClF3N3O4S. The van der Waals surface area contributed by atoms with Crippen LogP contribution < -0.4 is 9.62 Å². The Balaban J connectivity index is 2.49. The fraction of sp³-hybridized carbons (Fsp3) is 0.440. The number of nitrogens with zero attached hydrogens (tertiary/aromatic N) is 2. The number of sulfonamides is 1. The van der Waals surface area contributed by atoms with Crippen molar-refractivity contribution in [1.82, 2.24) is 10.2 Å². The smallest absolute Gasteiger partial charge is 0.352 e. The molecule has 2 aromatic carbocycles. The highest BCUT2D eigenvalue weighted by molar-refractivity contribution is 7.92. The van der Waals surface area contributed by atoms with E-state index < -0.39 is 51.9 Å². The summed E-state index contributed by atoms with van der Waals surface area (Å²) in [5, 5.41) is 2.52. The molecule has 0 aliphatic rings. The Labute approximate surface area is 220 Å². The molecule has 0 saturated carbocycles. The van der Waals surface area contributed by atoms with Gasteiger partial charge in [0.05, 0.1) is 22.5 Å². The molecule has 0 bridgehead atoms. The van der Waals surface area contributed by atoms with Crippen molar-refractivity contribution in [3.05, 3.63) is 64.2 Å². The van der Waals surface area contributed by atoms with Crippen molar-refractivity contribution in [2.45, 2.75) is 58.9 Å². The van der Waals surface area contributed by atoms with Gasteiger partial charge < -0.3 is 10.2 Å². The van der Waals surface area contributed by atoms with Crippen LogP contribution >= 0.6 is 11.6 Å². The summed E-state index contributed by atoms with van der Waals surface area (Å²) in [5.74, 6) is -1.23. The first-order chi connectivity index (χ1) is 17.0. The number of carbonyl (C=O) groups excluding carboxylic acids is 2. The van der Waals surface area contributed by atoms with Crippen LogP contribution in [0.5, 0.6) is 0 Å². The van der Waals surface area contributed by atoms with Crippen LogP contribution in [0.4, 0.5) is 18.9 Å².